The zero-order valence-electron chi connectivity index (χ0n) is 15.2. The van der Waals surface area contributed by atoms with Crippen LogP contribution in [0.15, 0.2) is 35.3 Å². The number of ether oxygens (including phenoxy) is 2. The number of aromatic nitrogens is 1. The van der Waals surface area contributed by atoms with Crippen LogP contribution in [0.2, 0.25) is 10.2 Å². The lowest BCUT2D eigenvalue weighted by Gasteiger charge is -2.13. The molecule has 0 unspecified atom stereocenters. The van der Waals surface area contributed by atoms with E-state index in [0.29, 0.717) is 42.4 Å². The number of nitrogens with one attached hydrogen (secondary N) is 2. The van der Waals surface area contributed by atoms with Crippen LogP contribution in [0.25, 0.3) is 0 Å². The molecule has 0 spiro atoms. The molecule has 0 saturated heterocycles. The van der Waals surface area contributed by atoms with Crippen molar-refractivity contribution in [3.63, 3.8) is 0 Å². The van der Waals surface area contributed by atoms with Gasteiger partial charge >= 0.3 is 0 Å². The lowest BCUT2D eigenvalue weighted by Crippen LogP contribution is -2.36. The van der Waals surface area contributed by atoms with Gasteiger partial charge in [0.05, 0.1) is 18.2 Å². The van der Waals surface area contributed by atoms with Crippen LogP contribution < -0.4 is 15.4 Å². The van der Waals surface area contributed by atoms with Gasteiger partial charge in [0.1, 0.15) is 17.5 Å². The van der Waals surface area contributed by atoms with Gasteiger partial charge in [-0.3, -0.25) is 4.99 Å². The molecule has 0 amide bonds. The van der Waals surface area contributed by atoms with Gasteiger partial charge < -0.3 is 24.7 Å². The van der Waals surface area contributed by atoms with E-state index >= 15 is 0 Å². The Labute approximate surface area is 164 Å². The Hall–Kier alpha value is -1.89. The topological polar surface area (TPSA) is 59.8 Å². The maximum Gasteiger partial charge on any atom is 0.191 e. The second-order valence-corrected chi connectivity index (χ2v) is 6.37. The molecule has 0 bridgehead atoms. The normalized spacial score (nSPS) is 11.5. The van der Waals surface area contributed by atoms with Gasteiger partial charge in [0.2, 0.25) is 0 Å². The molecule has 0 aliphatic rings. The van der Waals surface area contributed by atoms with Crippen molar-refractivity contribution in [1.29, 1.82) is 0 Å². The largest absolute Gasteiger partial charge is 0.491 e. The fraction of sp³-hybridized carbons (Fsp3) is 0.389. The van der Waals surface area contributed by atoms with Crippen molar-refractivity contribution < 1.29 is 9.47 Å². The molecular formula is C18H24Cl2N4O2. The fourth-order valence-electron chi connectivity index (χ4n) is 2.33. The summed E-state index contributed by atoms with van der Waals surface area (Å²) in [5.41, 5.74) is 2.06. The summed E-state index contributed by atoms with van der Waals surface area (Å²) in [6.45, 7) is 2.27. The highest BCUT2D eigenvalue weighted by molar-refractivity contribution is 6.41. The van der Waals surface area contributed by atoms with Crippen LogP contribution in [-0.4, -0.2) is 37.9 Å². The van der Waals surface area contributed by atoms with Crippen molar-refractivity contribution >= 4 is 29.2 Å². The van der Waals surface area contributed by atoms with E-state index in [-0.39, 0.29) is 0 Å². The third kappa shape index (κ3) is 5.83. The molecule has 0 aliphatic carbocycles. The Kier molecular flexibility index (Phi) is 8.09. The second kappa shape index (κ2) is 10.3. The Bertz CT molecular complexity index is 747. The van der Waals surface area contributed by atoms with Gasteiger partial charge in [0.15, 0.2) is 5.96 Å². The van der Waals surface area contributed by atoms with Crippen LogP contribution in [0.3, 0.4) is 0 Å². The fourth-order valence-corrected chi connectivity index (χ4v) is 2.74. The SMILES string of the molecule is CN=C(NCc1cccc(OCCOC)c1)NCc1cc(Cl)c(Cl)n1C. The highest BCUT2D eigenvalue weighted by atomic mass is 35.5. The van der Waals surface area contributed by atoms with Crippen LogP contribution in [0.4, 0.5) is 0 Å². The number of hydrogen-bond acceptors (Lipinski definition) is 3. The number of hydrogen-bond donors (Lipinski definition) is 2. The molecule has 1 aromatic heterocycles. The Morgan fingerprint density at radius 1 is 1.15 bits per heavy atom. The summed E-state index contributed by atoms with van der Waals surface area (Å²) in [6.07, 6.45) is 0. The molecule has 1 aromatic carbocycles. The van der Waals surface area contributed by atoms with E-state index in [1.165, 1.54) is 0 Å². The summed E-state index contributed by atoms with van der Waals surface area (Å²) in [5, 5.41) is 7.59. The molecule has 0 atom stereocenters. The summed E-state index contributed by atoms with van der Waals surface area (Å²) in [6, 6.07) is 9.75. The van der Waals surface area contributed by atoms with E-state index in [1.807, 2.05) is 41.9 Å². The van der Waals surface area contributed by atoms with Crippen molar-refractivity contribution in [2.75, 3.05) is 27.4 Å². The first kappa shape index (κ1) is 20.4. The summed E-state index contributed by atoms with van der Waals surface area (Å²) in [7, 11) is 5.25. The minimum absolute atomic E-state index is 0.525. The van der Waals surface area contributed by atoms with Crippen LogP contribution in [0.1, 0.15) is 11.3 Å². The molecular weight excluding hydrogens is 375 g/mol. The third-order valence-corrected chi connectivity index (χ3v) is 4.63. The number of benzene rings is 1. The van der Waals surface area contributed by atoms with Crippen molar-refractivity contribution in [3.8, 4) is 5.75 Å². The van der Waals surface area contributed by atoms with Gasteiger partial charge in [0.25, 0.3) is 0 Å². The van der Waals surface area contributed by atoms with E-state index in [2.05, 4.69) is 15.6 Å². The quantitative estimate of drug-likeness (QED) is 0.407. The summed E-state index contributed by atoms with van der Waals surface area (Å²) >= 11 is 12.1. The minimum atomic E-state index is 0.525. The van der Waals surface area contributed by atoms with Gasteiger partial charge in [-0.05, 0) is 23.8 Å². The average Bonchev–Trinajstić information content (AvgIpc) is 2.89. The van der Waals surface area contributed by atoms with Crippen LogP contribution in [0, 0.1) is 0 Å². The van der Waals surface area contributed by atoms with E-state index in [1.54, 1.807) is 14.2 Å². The van der Waals surface area contributed by atoms with Crippen LogP contribution >= 0.6 is 23.2 Å². The first-order chi connectivity index (χ1) is 12.5. The van der Waals surface area contributed by atoms with Gasteiger partial charge in [-0.1, -0.05) is 35.3 Å². The molecule has 2 aromatic rings. The standard InChI is InChI=1S/C18H24Cl2N4O2/c1-21-18(23-12-14-10-16(19)17(20)24(14)2)22-11-13-5-4-6-15(9-13)26-8-7-25-3/h4-6,9-10H,7-8,11-12H2,1-3H3,(H2,21,22,23). The highest BCUT2D eigenvalue weighted by Crippen LogP contribution is 2.24. The number of rotatable bonds is 8. The molecule has 26 heavy (non-hydrogen) atoms. The first-order valence-corrected chi connectivity index (χ1v) is 8.95. The third-order valence-electron chi connectivity index (χ3n) is 3.79. The molecule has 0 aliphatic heterocycles. The summed E-state index contributed by atoms with van der Waals surface area (Å²) < 4.78 is 12.5. The first-order valence-electron chi connectivity index (χ1n) is 8.20. The molecule has 1 heterocycles. The van der Waals surface area contributed by atoms with Crippen molar-refractivity contribution in [2.45, 2.75) is 13.1 Å². The molecule has 8 heteroatoms. The number of halogens is 2. The van der Waals surface area contributed by atoms with E-state index in [9.17, 15) is 0 Å². The van der Waals surface area contributed by atoms with Gasteiger partial charge in [-0.15, -0.1) is 0 Å². The maximum absolute atomic E-state index is 6.09. The van der Waals surface area contributed by atoms with Gasteiger partial charge in [-0.2, -0.15) is 0 Å². The van der Waals surface area contributed by atoms with Crippen LogP contribution in [-0.2, 0) is 24.9 Å². The zero-order chi connectivity index (χ0) is 18.9. The van der Waals surface area contributed by atoms with E-state index in [0.717, 1.165) is 17.0 Å². The van der Waals surface area contributed by atoms with E-state index in [4.69, 9.17) is 32.7 Å². The second-order valence-electron chi connectivity index (χ2n) is 5.60. The smallest absolute Gasteiger partial charge is 0.191 e. The lowest BCUT2D eigenvalue weighted by molar-refractivity contribution is 0.146. The monoisotopic (exact) mass is 398 g/mol. The van der Waals surface area contributed by atoms with Crippen molar-refractivity contribution in [2.24, 2.45) is 12.0 Å². The summed E-state index contributed by atoms with van der Waals surface area (Å²) in [4.78, 5) is 4.23. The van der Waals surface area contributed by atoms with Crippen molar-refractivity contribution in [1.82, 2.24) is 15.2 Å². The van der Waals surface area contributed by atoms with Gasteiger partial charge in [0, 0.05) is 33.4 Å². The van der Waals surface area contributed by atoms with Crippen molar-refractivity contribution in [3.05, 3.63) is 51.8 Å². The molecule has 142 valence electrons. The minimum Gasteiger partial charge on any atom is -0.491 e. The molecule has 2 rings (SSSR count). The average molecular weight is 399 g/mol. The number of aliphatic imine (C=N–C) groups is 1. The van der Waals surface area contributed by atoms with E-state index < -0.39 is 0 Å². The molecule has 0 radical (unpaired) electrons. The Morgan fingerprint density at radius 3 is 2.58 bits per heavy atom. The Balaban J connectivity index is 1.86. The summed E-state index contributed by atoms with van der Waals surface area (Å²) in [5.74, 6) is 1.50. The predicted molar refractivity (Wildman–Crippen MR) is 106 cm³/mol. The predicted octanol–water partition coefficient (Wildman–Crippen LogP) is 3.22. The highest BCUT2D eigenvalue weighted by Gasteiger charge is 2.09. The molecule has 0 fully saturated rings. The molecule has 6 nitrogen and oxygen atoms in total. The number of guanidine groups is 1. The maximum atomic E-state index is 6.09. The number of methoxy groups -OCH3 is 1. The molecule has 2 N–H and O–H groups in total. The number of nitrogens with zero attached hydrogens (tertiary/aromatic N) is 2. The zero-order valence-corrected chi connectivity index (χ0v) is 16.7. The van der Waals surface area contributed by atoms with Crippen LogP contribution in [0.5, 0.6) is 5.75 Å². The Morgan fingerprint density at radius 2 is 1.92 bits per heavy atom. The lowest BCUT2D eigenvalue weighted by atomic mass is 10.2. The van der Waals surface area contributed by atoms with Gasteiger partial charge in [-0.25, -0.2) is 0 Å². The molecule has 0 saturated carbocycles.